The molecular formula is C7H9ClO2. The second kappa shape index (κ2) is 3.17. The highest BCUT2D eigenvalue weighted by atomic mass is 35.5. The zero-order valence-electron chi connectivity index (χ0n) is 5.51. The number of hydrogen-bond donors (Lipinski definition) is 1. The minimum atomic E-state index is -0.227. The second-order valence-corrected chi connectivity index (χ2v) is 2.73. The molecule has 0 heterocycles. The van der Waals surface area contributed by atoms with Gasteiger partial charge < -0.3 is 5.11 Å². The van der Waals surface area contributed by atoms with Crippen molar-refractivity contribution in [2.75, 3.05) is 5.88 Å². The number of rotatable bonds is 2. The monoisotopic (exact) mass is 160 g/mol. The number of aliphatic hydroxyl groups is 1. The molecule has 0 aromatic carbocycles. The highest BCUT2D eigenvalue weighted by Gasteiger charge is 2.20. The molecular weight excluding hydrogens is 152 g/mol. The van der Waals surface area contributed by atoms with Crippen LogP contribution in [-0.2, 0) is 4.79 Å². The summed E-state index contributed by atoms with van der Waals surface area (Å²) in [5, 5.41) is 8.82. The third-order valence-corrected chi connectivity index (χ3v) is 1.76. The first-order chi connectivity index (χ1) is 4.72. The van der Waals surface area contributed by atoms with Gasteiger partial charge in [-0.3, -0.25) is 4.79 Å². The van der Waals surface area contributed by atoms with Gasteiger partial charge in [-0.05, 0) is 18.9 Å². The van der Waals surface area contributed by atoms with Crippen LogP contribution >= 0.6 is 11.6 Å². The van der Waals surface area contributed by atoms with Crippen LogP contribution in [0.3, 0.4) is 0 Å². The molecule has 3 heteroatoms. The normalized spacial score (nSPS) is 23.8. The van der Waals surface area contributed by atoms with E-state index in [1.165, 1.54) is 6.08 Å². The van der Waals surface area contributed by atoms with Crippen LogP contribution in [0, 0.1) is 0 Å². The van der Waals surface area contributed by atoms with Crippen molar-refractivity contribution < 1.29 is 9.90 Å². The molecule has 0 aromatic rings. The molecule has 1 rings (SSSR count). The Hall–Kier alpha value is -0.340. The zero-order valence-corrected chi connectivity index (χ0v) is 6.27. The molecule has 0 bridgehead atoms. The van der Waals surface area contributed by atoms with Crippen LogP contribution in [0.2, 0.25) is 0 Å². The number of hydrogen-bond acceptors (Lipinski definition) is 2. The first-order valence-electron chi connectivity index (χ1n) is 3.18. The number of carbonyl (C=O) groups is 1. The van der Waals surface area contributed by atoms with E-state index in [9.17, 15) is 4.79 Å². The summed E-state index contributed by atoms with van der Waals surface area (Å²) in [4.78, 5) is 10.6. The molecule has 1 aliphatic rings. The number of ketones is 1. The van der Waals surface area contributed by atoms with E-state index in [0.717, 1.165) is 5.57 Å². The van der Waals surface area contributed by atoms with Crippen molar-refractivity contribution in [1.82, 2.24) is 0 Å². The van der Waals surface area contributed by atoms with Crippen LogP contribution in [0.5, 0.6) is 0 Å². The molecule has 0 aromatic heterocycles. The SMILES string of the molecule is O=C(C=C1CC(O)C1)CCl. The lowest BCUT2D eigenvalue weighted by molar-refractivity contribution is -0.112. The summed E-state index contributed by atoms with van der Waals surface area (Å²) in [5.74, 6) is -0.0249. The van der Waals surface area contributed by atoms with E-state index in [0.29, 0.717) is 12.8 Å². The zero-order chi connectivity index (χ0) is 7.56. The van der Waals surface area contributed by atoms with Crippen molar-refractivity contribution >= 4 is 17.4 Å². The maximum absolute atomic E-state index is 10.6. The number of aliphatic hydroxyl groups excluding tert-OH is 1. The lowest BCUT2D eigenvalue weighted by Crippen LogP contribution is -2.20. The minimum Gasteiger partial charge on any atom is -0.392 e. The standard InChI is InChI=1S/C7H9ClO2/c8-4-7(10)3-5-1-6(9)2-5/h3,6,9H,1-2,4H2. The predicted octanol–water partition coefficient (Wildman–Crippen LogP) is 0.875. The Morgan fingerprint density at radius 1 is 1.80 bits per heavy atom. The van der Waals surface area contributed by atoms with Gasteiger partial charge in [-0.1, -0.05) is 5.57 Å². The molecule has 0 amide bonds. The van der Waals surface area contributed by atoms with Crippen LogP contribution in [0.4, 0.5) is 0 Å². The van der Waals surface area contributed by atoms with E-state index in [2.05, 4.69) is 0 Å². The van der Waals surface area contributed by atoms with E-state index >= 15 is 0 Å². The summed E-state index contributed by atoms with van der Waals surface area (Å²) in [6.45, 7) is 0. The lowest BCUT2D eigenvalue weighted by atomic mass is 9.88. The van der Waals surface area contributed by atoms with Crippen molar-refractivity contribution in [3.63, 3.8) is 0 Å². The van der Waals surface area contributed by atoms with E-state index in [1.54, 1.807) is 0 Å². The molecule has 0 radical (unpaired) electrons. The van der Waals surface area contributed by atoms with Crippen LogP contribution in [0.15, 0.2) is 11.6 Å². The van der Waals surface area contributed by atoms with Crippen LogP contribution in [-0.4, -0.2) is 22.9 Å². The number of halogens is 1. The van der Waals surface area contributed by atoms with E-state index in [-0.39, 0.29) is 17.8 Å². The van der Waals surface area contributed by atoms with Crippen LogP contribution < -0.4 is 0 Å². The molecule has 1 N–H and O–H groups in total. The summed E-state index contributed by atoms with van der Waals surface area (Å²) >= 11 is 5.26. The fourth-order valence-corrected chi connectivity index (χ4v) is 1.01. The minimum absolute atomic E-state index is 0.0413. The molecule has 10 heavy (non-hydrogen) atoms. The summed E-state index contributed by atoms with van der Waals surface area (Å²) in [6, 6.07) is 0. The predicted molar refractivity (Wildman–Crippen MR) is 39.1 cm³/mol. The number of alkyl halides is 1. The topological polar surface area (TPSA) is 37.3 Å². The van der Waals surface area contributed by atoms with Crippen molar-refractivity contribution in [3.05, 3.63) is 11.6 Å². The maximum Gasteiger partial charge on any atom is 0.170 e. The first-order valence-corrected chi connectivity index (χ1v) is 3.72. The van der Waals surface area contributed by atoms with Crippen molar-refractivity contribution in [1.29, 1.82) is 0 Å². The van der Waals surface area contributed by atoms with Gasteiger partial charge in [0.15, 0.2) is 5.78 Å². The summed E-state index contributed by atoms with van der Waals surface area (Å²) in [7, 11) is 0. The van der Waals surface area contributed by atoms with Crippen molar-refractivity contribution in [2.45, 2.75) is 18.9 Å². The van der Waals surface area contributed by atoms with Crippen LogP contribution in [0.1, 0.15) is 12.8 Å². The summed E-state index contributed by atoms with van der Waals surface area (Å²) < 4.78 is 0. The molecule has 0 saturated heterocycles. The second-order valence-electron chi connectivity index (χ2n) is 2.46. The fraction of sp³-hybridized carbons (Fsp3) is 0.571. The molecule has 56 valence electrons. The van der Waals surface area contributed by atoms with Gasteiger partial charge in [0.2, 0.25) is 0 Å². The van der Waals surface area contributed by atoms with E-state index < -0.39 is 0 Å². The average molecular weight is 161 g/mol. The molecule has 0 spiro atoms. The summed E-state index contributed by atoms with van der Waals surface area (Å²) in [5.41, 5.74) is 1.01. The van der Waals surface area contributed by atoms with E-state index in [4.69, 9.17) is 16.7 Å². The van der Waals surface area contributed by atoms with Gasteiger partial charge in [-0.25, -0.2) is 0 Å². The molecule has 0 atom stereocenters. The first kappa shape index (κ1) is 7.76. The van der Waals surface area contributed by atoms with Gasteiger partial charge in [0.25, 0.3) is 0 Å². The van der Waals surface area contributed by atoms with Gasteiger partial charge in [0.05, 0.1) is 12.0 Å². The molecule has 2 nitrogen and oxygen atoms in total. The summed E-state index contributed by atoms with van der Waals surface area (Å²) in [6.07, 6.45) is 2.58. The van der Waals surface area contributed by atoms with Crippen molar-refractivity contribution in [2.24, 2.45) is 0 Å². The van der Waals surface area contributed by atoms with Gasteiger partial charge >= 0.3 is 0 Å². The van der Waals surface area contributed by atoms with E-state index in [1.807, 2.05) is 0 Å². The smallest absolute Gasteiger partial charge is 0.170 e. The molecule has 1 saturated carbocycles. The highest BCUT2D eigenvalue weighted by Crippen LogP contribution is 2.25. The average Bonchev–Trinajstić information content (AvgIpc) is 1.84. The molecule has 0 aliphatic heterocycles. The van der Waals surface area contributed by atoms with Gasteiger partial charge in [0, 0.05) is 0 Å². The van der Waals surface area contributed by atoms with Crippen LogP contribution in [0.25, 0.3) is 0 Å². The lowest BCUT2D eigenvalue weighted by Gasteiger charge is -2.23. The Labute approximate surface area is 64.5 Å². The van der Waals surface area contributed by atoms with Gasteiger partial charge in [-0.15, -0.1) is 11.6 Å². The molecule has 1 aliphatic carbocycles. The molecule has 1 fully saturated rings. The number of allylic oxidation sites excluding steroid dienone is 1. The molecule has 0 unspecified atom stereocenters. The van der Waals surface area contributed by atoms with Gasteiger partial charge in [0.1, 0.15) is 0 Å². The third-order valence-electron chi connectivity index (χ3n) is 1.49. The maximum atomic E-state index is 10.6. The Bertz CT molecular complexity index is 166. The number of carbonyl (C=O) groups excluding carboxylic acids is 1. The third kappa shape index (κ3) is 1.82. The largest absolute Gasteiger partial charge is 0.392 e. The van der Waals surface area contributed by atoms with Gasteiger partial charge in [-0.2, -0.15) is 0 Å². The Balaban J connectivity index is 2.35. The fourth-order valence-electron chi connectivity index (χ4n) is 0.930. The Kier molecular flexibility index (Phi) is 2.46. The Morgan fingerprint density at radius 2 is 2.40 bits per heavy atom. The highest BCUT2D eigenvalue weighted by molar-refractivity contribution is 6.29. The quantitative estimate of drug-likeness (QED) is 0.481. The Morgan fingerprint density at radius 3 is 2.80 bits per heavy atom. The van der Waals surface area contributed by atoms with Crippen molar-refractivity contribution in [3.8, 4) is 0 Å².